The zero-order chi connectivity index (χ0) is 11.3. The summed E-state index contributed by atoms with van der Waals surface area (Å²) in [5, 5.41) is 0. The van der Waals surface area contributed by atoms with E-state index in [9.17, 15) is 9.59 Å². The number of amides is 1. The third-order valence-electron chi connectivity index (χ3n) is 2.25. The third-order valence-corrected chi connectivity index (χ3v) is 2.25. The highest BCUT2D eigenvalue weighted by molar-refractivity contribution is 5.79. The molecule has 3 heteroatoms. The summed E-state index contributed by atoms with van der Waals surface area (Å²) in [7, 11) is 0. The van der Waals surface area contributed by atoms with Gasteiger partial charge in [-0.25, -0.2) is 0 Å². The minimum absolute atomic E-state index is 0.0742. The van der Waals surface area contributed by atoms with Crippen molar-refractivity contribution in [1.29, 1.82) is 0 Å². The smallest absolute Gasteiger partial charge is 0.218 e. The Morgan fingerprint density at radius 3 is 2.27 bits per heavy atom. The number of Topliss-reactive ketones (excluding diaryl/α,β-unsaturated/α-hetero) is 1. The zero-order valence-electron chi connectivity index (χ0n) is 8.77. The molecule has 0 saturated carbocycles. The number of ketones is 1. The van der Waals surface area contributed by atoms with Crippen LogP contribution in [0.15, 0.2) is 30.3 Å². The summed E-state index contributed by atoms with van der Waals surface area (Å²) in [6.45, 7) is 1.52. The maximum absolute atomic E-state index is 11.1. The maximum Gasteiger partial charge on any atom is 0.218 e. The second-order valence-electron chi connectivity index (χ2n) is 3.68. The average molecular weight is 205 g/mol. The van der Waals surface area contributed by atoms with Gasteiger partial charge in [-0.05, 0) is 18.4 Å². The standard InChI is InChI=1S/C12H15NO2/c1-9(14)7-11(8-12(13)15)10-5-3-2-4-6-10/h2-6,11H,7-8H2,1H3,(H2,13,15). The van der Waals surface area contributed by atoms with Gasteiger partial charge in [0.05, 0.1) is 0 Å². The van der Waals surface area contributed by atoms with Crippen LogP contribution >= 0.6 is 0 Å². The zero-order valence-corrected chi connectivity index (χ0v) is 8.77. The molecule has 0 aromatic heterocycles. The summed E-state index contributed by atoms with van der Waals surface area (Å²) < 4.78 is 0. The number of primary amides is 1. The summed E-state index contributed by atoms with van der Waals surface area (Å²) >= 11 is 0. The maximum atomic E-state index is 11.1. The van der Waals surface area contributed by atoms with Gasteiger partial charge in [-0.3, -0.25) is 4.79 Å². The Morgan fingerprint density at radius 1 is 1.20 bits per heavy atom. The molecule has 0 bridgehead atoms. The molecule has 0 radical (unpaired) electrons. The van der Waals surface area contributed by atoms with Crippen LogP contribution in [0.25, 0.3) is 0 Å². The molecule has 0 saturated heterocycles. The van der Waals surface area contributed by atoms with Gasteiger partial charge in [-0.1, -0.05) is 30.3 Å². The number of nitrogens with two attached hydrogens (primary N) is 1. The average Bonchev–Trinajstić information content (AvgIpc) is 2.17. The molecule has 0 aliphatic carbocycles. The fraction of sp³-hybridized carbons (Fsp3) is 0.333. The van der Waals surface area contributed by atoms with Crippen LogP contribution in [0.1, 0.15) is 31.2 Å². The van der Waals surface area contributed by atoms with E-state index >= 15 is 0 Å². The van der Waals surface area contributed by atoms with E-state index < -0.39 is 0 Å². The molecule has 3 nitrogen and oxygen atoms in total. The Kier molecular flexibility index (Phi) is 4.03. The summed E-state index contributed by atoms with van der Waals surface area (Å²) in [6, 6.07) is 9.51. The molecule has 1 unspecified atom stereocenters. The van der Waals surface area contributed by atoms with Crippen molar-refractivity contribution in [2.24, 2.45) is 5.73 Å². The topological polar surface area (TPSA) is 60.2 Å². The van der Waals surface area contributed by atoms with Crippen LogP contribution in [0.2, 0.25) is 0 Å². The Balaban J connectivity index is 2.81. The van der Waals surface area contributed by atoms with Gasteiger partial charge in [-0.2, -0.15) is 0 Å². The predicted molar refractivity (Wildman–Crippen MR) is 58.3 cm³/mol. The van der Waals surface area contributed by atoms with E-state index in [0.29, 0.717) is 6.42 Å². The van der Waals surface area contributed by atoms with Crippen molar-refractivity contribution in [3.8, 4) is 0 Å². The van der Waals surface area contributed by atoms with Crippen LogP contribution in [0.5, 0.6) is 0 Å². The van der Waals surface area contributed by atoms with Gasteiger partial charge in [0, 0.05) is 12.8 Å². The number of benzene rings is 1. The van der Waals surface area contributed by atoms with Crippen molar-refractivity contribution in [3.63, 3.8) is 0 Å². The largest absolute Gasteiger partial charge is 0.370 e. The van der Waals surface area contributed by atoms with Crippen molar-refractivity contribution in [2.75, 3.05) is 0 Å². The quantitative estimate of drug-likeness (QED) is 0.794. The van der Waals surface area contributed by atoms with Crippen LogP contribution in [0.3, 0.4) is 0 Å². The first-order valence-corrected chi connectivity index (χ1v) is 4.92. The van der Waals surface area contributed by atoms with Gasteiger partial charge in [0.2, 0.25) is 5.91 Å². The van der Waals surface area contributed by atoms with Gasteiger partial charge in [0.1, 0.15) is 5.78 Å². The minimum atomic E-state index is -0.370. The van der Waals surface area contributed by atoms with Crippen LogP contribution in [0, 0.1) is 0 Å². The van der Waals surface area contributed by atoms with E-state index in [1.165, 1.54) is 6.92 Å². The van der Waals surface area contributed by atoms with E-state index in [-0.39, 0.29) is 24.0 Å². The van der Waals surface area contributed by atoms with Crippen molar-refractivity contribution < 1.29 is 9.59 Å². The second kappa shape index (κ2) is 5.29. The number of hydrogen-bond donors (Lipinski definition) is 1. The van der Waals surface area contributed by atoms with Gasteiger partial charge in [0.25, 0.3) is 0 Å². The number of carbonyl (C=O) groups is 2. The summed E-state index contributed by atoms with van der Waals surface area (Å²) in [5.74, 6) is -0.378. The first-order valence-electron chi connectivity index (χ1n) is 4.92. The first kappa shape index (κ1) is 11.4. The molecule has 0 spiro atoms. The molecule has 0 aliphatic rings. The monoisotopic (exact) mass is 205 g/mol. The molecule has 1 aromatic rings. The van der Waals surface area contributed by atoms with Crippen LogP contribution in [-0.2, 0) is 9.59 Å². The lowest BCUT2D eigenvalue weighted by molar-refractivity contribution is -0.119. The van der Waals surface area contributed by atoms with E-state index in [1.807, 2.05) is 30.3 Å². The summed E-state index contributed by atoms with van der Waals surface area (Å²) in [6.07, 6.45) is 0.594. The van der Waals surface area contributed by atoms with E-state index in [4.69, 9.17) is 5.73 Å². The third kappa shape index (κ3) is 3.94. The van der Waals surface area contributed by atoms with Gasteiger partial charge in [0.15, 0.2) is 0 Å². The molecule has 80 valence electrons. The van der Waals surface area contributed by atoms with E-state index in [0.717, 1.165) is 5.56 Å². The highest BCUT2D eigenvalue weighted by Gasteiger charge is 2.15. The second-order valence-corrected chi connectivity index (χ2v) is 3.68. The number of hydrogen-bond acceptors (Lipinski definition) is 2. The molecule has 1 amide bonds. The van der Waals surface area contributed by atoms with Crippen LogP contribution < -0.4 is 5.73 Å². The van der Waals surface area contributed by atoms with Crippen molar-refractivity contribution in [2.45, 2.75) is 25.7 Å². The van der Waals surface area contributed by atoms with Crippen LogP contribution in [-0.4, -0.2) is 11.7 Å². The minimum Gasteiger partial charge on any atom is -0.370 e. The predicted octanol–water partition coefficient (Wildman–Crippen LogP) is 1.62. The number of rotatable bonds is 5. The van der Waals surface area contributed by atoms with E-state index in [1.54, 1.807) is 0 Å². The fourth-order valence-electron chi connectivity index (χ4n) is 1.62. The van der Waals surface area contributed by atoms with Gasteiger partial charge < -0.3 is 10.5 Å². The summed E-state index contributed by atoms with van der Waals surface area (Å²) in [5.41, 5.74) is 6.15. The molecule has 1 rings (SSSR count). The lowest BCUT2D eigenvalue weighted by atomic mass is 9.91. The molecule has 0 heterocycles. The van der Waals surface area contributed by atoms with Crippen molar-refractivity contribution >= 4 is 11.7 Å². The molecule has 0 aliphatic heterocycles. The number of carbonyl (C=O) groups excluding carboxylic acids is 2. The first-order chi connectivity index (χ1) is 7.09. The molecule has 15 heavy (non-hydrogen) atoms. The van der Waals surface area contributed by atoms with E-state index in [2.05, 4.69) is 0 Å². The van der Waals surface area contributed by atoms with Gasteiger partial charge in [-0.15, -0.1) is 0 Å². The van der Waals surface area contributed by atoms with Crippen molar-refractivity contribution in [3.05, 3.63) is 35.9 Å². The molecular formula is C12H15NO2. The van der Waals surface area contributed by atoms with Crippen molar-refractivity contribution in [1.82, 2.24) is 0 Å². The molecule has 1 aromatic carbocycles. The SMILES string of the molecule is CC(=O)CC(CC(N)=O)c1ccccc1. The molecule has 2 N–H and O–H groups in total. The lowest BCUT2D eigenvalue weighted by Gasteiger charge is -2.13. The highest BCUT2D eigenvalue weighted by atomic mass is 16.1. The molecule has 1 atom stereocenters. The molecule has 0 fully saturated rings. The molecular weight excluding hydrogens is 190 g/mol. The van der Waals surface area contributed by atoms with Gasteiger partial charge >= 0.3 is 0 Å². The lowest BCUT2D eigenvalue weighted by Crippen LogP contribution is -2.17. The van der Waals surface area contributed by atoms with Crippen LogP contribution in [0.4, 0.5) is 0 Å². The fourth-order valence-corrected chi connectivity index (χ4v) is 1.62. The summed E-state index contributed by atoms with van der Waals surface area (Å²) in [4.78, 5) is 21.9. The Labute approximate surface area is 89.3 Å². The normalized spacial score (nSPS) is 12.1. The Bertz CT molecular complexity index is 330. The Hall–Kier alpha value is -1.64. The highest BCUT2D eigenvalue weighted by Crippen LogP contribution is 2.23. The Morgan fingerprint density at radius 2 is 1.80 bits per heavy atom.